The molecule has 6 nitrogen and oxygen atoms in total. The number of hydrogen-bond donors (Lipinski definition) is 1. The third-order valence-electron chi connectivity index (χ3n) is 4.25. The van der Waals surface area contributed by atoms with Crippen molar-refractivity contribution < 1.29 is 17.6 Å². The van der Waals surface area contributed by atoms with Crippen LogP contribution in [0.1, 0.15) is 25.6 Å². The number of anilines is 1. The molecule has 1 atom stereocenters. The Bertz CT molecular complexity index is 1010. The van der Waals surface area contributed by atoms with E-state index in [0.717, 1.165) is 11.0 Å². The first-order chi connectivity index (χ1) is 12.3. The summed E-state index contributed by atoms with van der Waals surface area (Å²) in [5.74, 6) is 0.364. The monoisotopic (exact) mass is 372 g/mol. The lowest BCUT2D eigenvalue weighted by atomic mass is 10.2. The van der Waals surface area contributed by atoms with Gasteiger partial charge in [0.1, 0.15) is 11.3 Å². The van der Waals surface area contributed by atoms with E-state index in [2.05, 4.69) is 5.32 Å². The van der Waals surface area contributed by atoms with Crippen LogP contribution in [0.2, 0.25) is 0 Å². The highest BCUT2D eigenvalue weighted by atomic mass is 32.2. The van der Waals surface area contributed by atoms with Crippen molar-refractivity contribution >= 4 is 32.6 Å². The molecule has 0 saturated carbocycles. The number of sulfonamides is 1. The van der Waals surface area contributed by atoms with Crippen LogP contribution in [0.4, 0.5) is 5.69 Å². The summed E-state index contributed by atoms with van der Waals surface area (Å²) >= 11 is 0. The first-order valence-corrected chi connectivity index (χ1v) is 9.57. The number of para-hydroxylation sites is 1. The Hall–Kier alpha value is -2.64. The van der Waals surface area contributed by atoms with Crippen molar-refractivity contribution in [2.24, 2.45) is 0 Å². The number of nitrogens with zero attached hydrogens (tertiary/aromatic N) is 1. The molecule has 0 spiro atoms. The van der Waals surface area contributed by atoms with E-state index in [1.165, 1.54) is 30.4 Å². The molecule has 26 heavy (non-hydrogen) atoms. The summed E-state index contributed by atoms with van der Waals surface area (Å²) in [5, 5.41) is 3.54. The predicted molar refractivity (Wildman–Crippen MR) is 100 cm³/mol. The molecule has 0 radical (unpaired) electrons. The standard InChI is InChI=1S/C19H20N2O4S/c1-13(19-12-15-6-4-5-7-18(15)25-19)21(3)26(23,24)17-10-8-16(9-11-17)20-14(2)22/h4-13H,1-3H3,(H,20,22). The number of hydrogen-bond acceptors (Lipinski definition) is 4. The van der Waals surface area contributed by atoms with Crippen molar-refractivity contribution in [3.8, 4) is 0 Å². The molecular weight excluding hydrogens is 352 g/mol. The van der Waals surface area contributed by atoms with Crippen molar-refractivity contribution in [1.82, 2.24) is 4.31 Å². The highest BCUT2D eigenvalue weighted by molar-refractivity contribution is 7.89. The van der Waals surface area contributed by atoms with Crippen LogP contribution in [0.15, 0.2) is 63.9 Å². The van der Waals surface area contributed by atoms with Crippen molar-refractivity contribution in [3.63, 3.8) is 0 Å². The number of rotatable bonds is 5. The van der Waals surface area contributed by atoms with Gasteiger partial charge in [-0.2, -0.15) is 4.31 Å². The summed E-state index contributed by atoms with van der Waals surface area (Å²) in [4.78, 5) is 11.2. The van der Waals surface area contributed by atoms with E-state index in [0.29, 0.717) is 11.4 Å². The van der Waals surface area contributed by atoms with Gasteiger partial charge < -0.3 is 9.73 Å². The number of benzene rings is 2. The van der Waals surface area contributed by atoms with Gasteiger partial charge in [0.15, 0.2) is 0 Å². The largest absolute Gasteiger partial charge is 0.459 e. The maximum absolute atomic E-state index is 12.9. The van der Waals surface area contributed by atoms with Gasteiger partial charge in [-0.3, -0.25) is 4.79 Å². The molecule has 1 N–H and O–H groups in total. The minimum Gasteiger partial charge on any atom is -0.459 e. The fourth-order valence-corrected chi connectivity index (χ4v) is 4.01. The molecule has 0 aliphatic heterocycles. The third kappa shape index (κ3) is 3.49. The van der Waals surface area contributed by atoms with E-state index >= 15 is 0 Å². The van der Waals surface area contributed by atoms with Crippen LogP contribution in [-0.4, -0.2) is 25.7 Å². The zero-order valence-corrected chi connectivity index (χ0v) is 15.6. The summed E-state index contributed by atoms with van der Waals surface area (Å²) in [6, 6.07) is 15.0. The zero-order valence-electron chi connectivity index (χ0n) is 14.8. The molecule has 1 aromatic heterocycles. The molecule has 0 aliphatic carbocycles. The second-order valence-electron chi connectivity index (χ2n) is 6.09. The Labute approximate surface area is 152 Å². The Morgan fingerprint density at radius 3 is 2.38 bits per heavy atom. The normalized spacial score (nSPS) is 13.1. The first kappa shape index (κ1) is 18.2. The lowest BCUT2D eigenvalue weighted by molar-refractivity contribution is -0.114. The number of furan rings is 1. The van der Waals surface area contributed by atoms with Crippen molar-refractivity contribution in [1.29, 1.82) is 0 Å². The minimum atomic E-state index is -3.71. The maximum atomic E-state index is 12.9. The number of fused-ring (bicyclic) bond motifs is 1. The molecule has 136 valence electrons. The van der Waals surface area contributed by atoms with Crippen LogP contribution in [0, 0.1) is 0 Å². The Morgan fingerprint density at radius 2 is 1.77 bits per heavy atom. The summed E-state index contributed by atoms with van der Waals surface area (Å²) in [6.45, 7) is 3.17. The molecular formula is C19H20N2O4S. The highest BCUT2D eigenvalue weighted by Gasteiger charge is 2.28. The lowest BCUT2D eigenvalue weighted by Gasteiger charge is -2.22. The Kier molecular flexibility index (Phi) is 4.84. The second kappa shape index (κ2) is 6.93. The topological polar surface area (TPSA) is 79.6 Å². The highest BCUT2D eigenvalue weighted by Crippen LogP contribution is 2.30. The van der Waals surface area contributed by atoms with Crippen LogP contribution in [0.3, 0.4) is 0 Å². The number of amides is 1. The zero-order chi connectivity index (χ0) is 18.9. The van der Waals surface area contributed by atoms with Gasteiger partial charge in [0, 0.05) is 25.0 Å². The molecule has 0 aliphatic rings. The average molecular weight is 372 g/mol. The summed E-state index contributed by atoms with van der Waals surface area (Å²) in [7, 11) is -2.19. The van der Waals surface area contributed by atoms with Crippen LogP contribution in [0.5, 0.6) is 0 Å². The summed E-state index contributed by atoms with van der Waals surface area (Å²) < 4.78 is 32.9. The van der Waals surface area contributed by atoms with Gasteiger partial charge >= 0.3 is 0 Å². The minimum absolute atomic E-state index is 0.150. The molecule has 3 aromatic rings. The average Bonchev–Trinajstić information content (AvgIpc) is 3.04. The van der Waals surface area contributed by atoms with E-state index in [1.54, 1.807) is 19.1 Å². The number of carbonyl (C=O) groups excluding carboxylic acids is 1. The van der Waals surface area contributed by atoms with Gasteiger partial charge in [-0.1, -0.05) is 18.2 Å². The van der Waals surface area contributed by atoms with Gasteiger partial charge in [0.2, 0.25) is 15.9 Å². The van der Waals surface area contributed by atoms with Crippen LogP contribution in [0.25, 0.3) is 11.0 Å². The Balaban J connectivity index is 1.86. The fourth-order valence-electron chi connectivity index (χ4n) is 2.68. The molecule has 0 bridgehead atoms. The smallest absolute Gasteiger partial charge is 0.243 e. The van der Waals surface area contributed by atoms with E-state index < -0.39 is 16.1 Å². The van der Waals surface area contributed by atoms with Gasteiger partial charge in [-0.15, -0.1) is 0 Å². The van der Waals surface area contributed by atoms with Crippen molar-refractivity contribution in [3.05, 3.63) is 60.4 Å². The van der Waals surface area contributed by atoms with Gasteiger partial charge in [0.25, 0.3) is 0 Å². The molecule has 7 heteroatoms. The first-order valence-electron chi connectivity index (χ1n) is 8.13. The molecule has 3 rings (SSSR count). The molecule has 2 aromatic carbocycles. The van der Waals surface area contributed by atoms with Gasteiger partial charge in [0.05, 0.1) is 10.9 Å². The Morgan fingerprint density at radius 1 is 1.12 bits per heavy atom. The molecule has 0 saturated heterocycles. The number of carbonyl (C=O) groups is 1. The van der Waals surface area contributed by atoms with Crippen LogP contribution < -0.4 is 5.32 Å². The lowest BCUT2D eigenvalue weighted by Crippen LogP contribution is -2.29. The van der Waals surface area contributed by atoms with E-state index in [-0.39, 0.29) is 10.8 Å². The quantitative estimate of drug-likeness (QED) is 0.739. The molecule has 1 unspecified atom stereocenters. The van der Waals surface area contributed by atoms with E-state index in [1.807, 2.05) is 30.3 Å². The SMILES string of the molecule is CC(=O)Nc1ccc(S(=O)(=O)N(C)C(C)c2cc3ccccc3o2)cc1. The molecule has 1 heterocycles. The summed E-state index contributed by atoms with van der Waals surface area (Å²) in [5.41, 5.74) is 1.27. The maximum Gasteiger partial charge on any atom is 0.243 e. The molecule has 0 fully saturated rings. The second-order valence-corrected chi connectivity index (χ2v) is 8.09. The van der Waals surface area contributed by atoms with Gasteiger partial charge in [-0.05, 0) is 43.3 Å². The van der Waals surface area contributed by atoms with Crippen LogP contribution in [-0.2, 0) is 14.8 Å². The van der Waals surface area contributed by atoms with Crippen molar-refractivity contribution in [2.75, 3.05) is 12.4 Å². The predicted octanol–water partition coefficient (Wildman–Crippen LogP) is 3.77. The molecule has 1 amide bonds. The van der Waals surface area contributed by atoms with Crippen LogP contribution >= 0.6 is 0 Å². The fraction of sp³-hybridized carbons (Fsp3) is 0.211. The van der Waals surface area contributed by atoms with Gasteiger partial charge in [-0.25, -0.2) is 8.42 Å². The van der Waals surface area contributed by atoms with E-state index in [9.17, 15) is 13.2 Å². The third-order valence-corrected chi connectivity index (χ3v) is 6.20. The summed E-state index contributed by atoms with van der Waals surface area (Å²) in [6.07, 6.45) is 0. The van der Waals surface area contributed by atoms with Crippen molar-refractivity contribution in [2.45, 2.75) is 24.8 Å². The van der Waals surface area contributed by atoms with E-state index in [4.69, 9.17) is 4.42 Å². The number of nitrogens with one attached hydrogen (secondary N) is 1.